The van der Waals surface area contributed by atoms with Crippen LogP contribution < -0.4 is 11.1 Å². The van der Waals surface area contributed by atoms with Crippen molar-refractivity contribution in [2.24, 2.45) is 5.73 Å². The van der Waals surface area contributed by atoms with Gasteiger partial charge in [0.2, 0.25) is 0 Å². The van der Waals surface area contributed by atoms with Gasteiger partial charge in [-0.3, -0.25) is 10.1 Å². The minimum absolute atomic E-state index is 0.133. The zero-order chi connectivity index (χ0) is 22.4. The van der Waals surface area contributed by atoms with E-state index < -0.39 is 6.09 Å². The molecule has 31 heavy (non-hydrogen) atoms. The average Bonchev–Trinajstić information content (AvgIpc) is 2.79. The molecular weight excluding hydrogens is 416 g/mol. The van der Waals surface area contributed by atoms with Crippen LogP contribution in [0.1, 0.15) is 47.2 Å². The Kier molecular flexibility index (Phi) is 7.50. The molecule has 1 fully saturated rings. The van der Waals surface area contributed by atoms with E-state index >= 15 is 0 Å². The summed E-state index contributed by atoms with van der Waals surface area (Å²) in [5.41, 5.74) is 8.58. The maximum atomic E-state index is 13.5. The smallest absolute Gasteiger partial charge is 0.411 e. The monoisotopic (exact) mass is 440 g/mol. The summed E-state index contributed by atoms with van der Waals surface area (Å²) in [4.78, 5) is 26.8. The van der Waals surface area contributed by atoms with Crippen molar-refractivity contribution < 1.29 is 14.3 Å². The lowest BCUT2D eigenvalue weighted by Crippen LogP contribution is -2.51. The van der Waals surface area contributed by atoms with Crippen molar-refractivity contribution in [1.82, 2.24) is 4.90 Å². The van der Waals surface area contributed by atoms with Gasteiger partial charge in [-0.1, -0.05) is 24.4 Å². The number of ether oxygens (including phenoxy) is 1. The lowest BCUT2D eigenvalue weighted by molar-refractivity contribution is 0.0583. The second-order valence-electron chi connectivity index (χ2n) is 7.56. The summed E-state index contributed by atoms with van der Waals surface area (Å²) in [7, 11) is 1.29. The van der Waals surface area contributed by atoms with E-state index in [1.54, 1.807) is 47.4 Å². The molecule has 0 aliphatic heterocycles. The molecule has 7 nitrogen and oxygen atoms in total. The topological polar surface area (TPSA) is 108 Å². The molecule has 1 saturated carbocycles. The molecule has 2 atom stereocenters. The number of rotatable bonds is 5. The third-order valence-electron chi connectivity index (χ3n) is 5.52. The predicted molar refractivity (Wildman–Crippen MR) is 119 cm³/mol. The van der Waals surface area contributed by atoms with Gasteiger partial charge in [-0.15, -0.1) is 0 Å². The molecule has 3 N–H and O–H groups in total. The molecule has 1 aliphatic rings. The summed E-state index contributed by atoms with van der Waals surface area (Å²) < 4.78 is 4.64. The number of hydrogen-bond donors (Lipinski definition) is 2. The highest BCUT2D eigenvalue weighted by molar-refractivity contribution is 6.31. The van der Waals surface area contributed by atoms with Gasteiger partial charge in [0.25, 0.3) is 5.91 Å². The van der Waals surface area contributed by atoms with Gasteiger partial charge in [0.1, 0.15) is 0 Å². The number of nitriles is 1. The number of carbonyl (C=O) groups excluding carboxylic acids is 2. The summed E-state index contributed by atoms with van der Waals surface area (Å²) in [6, 6.07) is 13.4. The molecule has 0 heterocycles. The zero-order valence-corrected chi connectivity index (χ0v) is 18.1. The highest BCUT2D eigenvalue weighted by Gasteiger charge is 2.32. The normalized spacial score (nSPS) is 18.0. The number of nitrogens with two attached hydrogens (primary N) is 1. The Morgan fingerprint density at radius 3 is 2.58 bits per heavy atom. The molecule has 2 aromatic carbocycles. The SMILES string of the molecule is COC(=O)Nc1ccc(Cl)c(CN(C(=O)c2ccc(C#N)cc2)C2CCCCC2N)c1. The molecule has 0 saturated heterocycles. The fourth-order valence-corrected chi connectivity index (χ4v) is 4.02. The summed E-state index contributed by atoms with van der Waals surface area (Å²) >= 11 is 6.43. The molecule has 0 radical (unpaired) electrons. The van der Waals surface area contributed by atoms with Crippen molar-refractivity contribution in [2.75, 3.05) is 12.4 Å². The first-order valence-electron chi connectivity index (χ1n) is 10.1. The Morgan fingerprint density at radius 2 is 1.94 bits per heavy atom. The Labute approximate surface area is 186 Å². The minimum Gasteiger partial charge on any atom is -0.453 e. The van der Waals surface area contributed by atoms with Gasteiger partial charge >= 0.3 is 6.09 Å². The van der Waals surface area contributed by atoms with E-state index in [4.69, 9.17) is 22.6 Å². The van der Waals surface area contributed by atoms with Crippen LogP contribution in [-0.4, -0.2) is 36.1 Å². The van der Waals surface area contributed by atoms with Crippen molar-refractivity contribution >= 4 is 29.3 Å². The van der Waals surface area contributed by atoms with Crippen molar-refractivity contribution in [1.29, 1.82) is 5.26 Å². The number of nitrogens with zero attached hydrogens (tertiary/aromatic N) is 2. The van der Waals surface area contributed by atoms with E-state index in [0.717, 1.165) is 25.7 Å². The first-order valence-corrected chi connectivity index (χ1v) is 10.5. The minimum atomic E-state index is -0.590. The third-order valence-corrected chi connectivity index (χ3v) is 5.89. The Morgan fingerprint density at radius 1 is 1.23 bits per heavy atom. The number of methoxy groups -OCH3 is 1. The Bertz CT molecular complexity index is 987. The predicted octanol–water partition coefficient (Wildman–Crippen LogP) is 4.30. The van der Waals surface area contributed by atoms with Crippen molar-refractivity contribution in [3.8, 4) is 6.07 Å². The van der Waals surface area contributed by atoms with Crippen LogP contribution in [0.25, 0.3) is 0 Å². The van der Waals surface area contributed by atoms with E-state index in [1.165, 1.54) is 7.11 Å². The molecule has 1 aliphatic carbocycles. The number of amides is 2. The molecule has 2 amide bonds. The summed E-state index contributed by atoms with van der Waals surface area (Å²) in [5.74, 6) is -0.172. The van der Waals surface area contributed by atoms with Crippen molar-refractivity contribution in [3.63, 3.8) is 0 Å². The molecule has 2 aromatic rings. The first kappa shape index (κ1) is 22.6. The van der Waals surface area contributed by atoms with Gasteiger partial charge in [-0.2, -0.15) is 5.26 Å². The molecule has 0 bridgehead atoms. The summed E-state index contributed by atoms with van der Waals surface area (Å²) in [6.07, 6.45) is 3.09. The van der Waals surface area contributed by atoms with E-state index in [-0.39, 0.29) is 24.5 Å². The molecule has 3 rings (SSSR count). The number of carbonyl (C=O) groups is 2. The van der Waals surface area contributed by atoms with Crippen LogP contribution in [0.4, 0.5) is 10.5 Å². The highest BCUT2D eigenvalue weighted by Crippen LogP contribution is 2.28. The summed E-state index contributed by atoms with van der Waals surface area (Å²) in [6.45, 7) is 0.243. The average molecular weight is 441 g/mol. The molecule has 0 aromatic heterocycles. The molecular formula is C23H25ClN4O3. The number of nitrogens with one attached hydrogen (secondary N) is 1. The summed E-state index contributed by atoms with van der Waals surface area (Å²) in [5, 5.41) is 12.1. The largest absolute Gasteiger partial charge is 0.453 e. The fourth-order valence-electron chi connectivity index (χ4n) is 3.85. The third kappa shape index (κ3) is 5.54. The van der Waals surface area contributed by atoms with Crippen LogP contribution in [0.2, 0.25) is 5.02 Å². The van der Waals surface area contributed by atoms with Crippen LogP contribution in [0.3, 0.4) is 0 Å². The van der Waals surface area contributed by atoms with Gasteiger partial charge in [0.15, 0.2) is 0 Å². The van der Waals surface area contributed by atoms with E-state index in [0.29, 0.717) is 27.4 Å². The maximum Gasteiger partial charge on any atom is 0.411 e. The van der Waals surface area contributed by atoms with E-state index in [9.17, 15) is 9.59 Å². The second-order valence-corrected chi connectivity index (χ2v) is 7.97. The molecule has 162 valence electrons. The Balaban J connectivity index is 1.93. The van der Waals surface area contributed by atoms with E-state index in [1.807, 2.05) is 0 Å². The fraction of sp³-hybridized carbons (Fsp3) is 0.348. The number of halogens is 1. The van der Waals surface area contributed by atoms with Crippen molar-refractivity contribution in [3.05, 3.63) is 64.2 Å². The number of hydrogen-bond acceptors (Lipinski definition) is 5. The quantitative estimate of drug-likeness (QED) is 0.720. The number of anilines is 1. The lowest BCUT2D eigenvalue weighted by atomic mass is 9.89. The molecule has 8 heteroatoms. The van der Waals surface area contributed by atoms with Gasteiger partial charge in [-0.25, -0.2) is 4.79 Å². The second kappa shape index (κ2) is 10.3. The van der Waals surface area contributed by atoms with Crippen LogP contribution in [-0.2, 0) is 11.3 Å². The Hall–Kier alpha value is -3.08. The van der Waals surface area contributed by atoms with E-state index in [2.05, 4.69) is 16.1 Å². The highest BCUT2D eigenvalue weighted by atomic mass is 35.5. The van der Waals surface area contributed by atoms with Crippen LogP contribution in [0.15, 0.2) is 42.5 Å². The van der Waals surface area contributed by atoms with Gasteiger partial charge < -0.3 is 15.4 Å². The van der Waals surface area contributed by atoms with Gasteiger partial charge in [0, 0.05) is 34.9 Å². The van der Waals surface area contributed by atoms with Gasteiger partial charge in [0.05, 0.1) is 18.7 Å². The first-order chi connectivity index (χ1) is 14.9. The van der Waals surface area contributed by atoms with Gasteiger partial charge in [-0.05, 0) is 60.9 Å². The van der Waals surface area contributed by atoms with Crippen LogP contribution in [0.5, 0.6) is 0 Å². The standard InChI is InChI=1S/C23H25ClN4O3/c1-31-23(30)27-18-10-11-19(24)17(12-18)14-28(21-5-3-2-4-20(21)26)22(29)16-8-6-15(13-25)7-9-16/h6-12,20-21H,2-5,14,26H2,1H3,(H,27,30). The zero-order valence-electron chi connectivity index (χ0n) is 17.3. The lowest BCUT2D eigenvalue weighted by Gasteiger charge is -2.38. The van der Waals surface area contributed by atoms with Crippen molar-refractivity contribution in [2.45, 2.75) is 44.3 Å². The van der Waals surface area contributed by atoms with Crippen LogP contribution in [0, 0.1) is 11.3 Å². The number of benzene rings is 2. The molecule has 0 spiro atoms. The maximum absolute atomic E-state index is 13.5. The van der Waals surface area contributed by atoms with Crippen LogP contribution >= 0.6 is 11.6 Å². The molecule has 2 unspecified atom stereocenters.